The summed E-state index contributed by atoms with van der Waals surface area (Å²) in [6.45, 7) is 0. The van der Waals surface area contributed by atoms with Crippen molar-refractivity contribution >= 4 is 39.2 Å². The number of hydrogen-bond donors (Lipinski definition) is 1. The van der Waals surface area contributed by atoms with Gasteiger partial charge in [0.05, 0.1) is 10.2 Å². The Morgan fingerprint density at radius 1 is 0.931 bits per heavy atom. The summed E-state index contributed by atoms with van der Waals surface area (Å²) in [7, 11) is 0. The highest BCUT2D eigenvalue weighted by Crippen LogP contribution is 2.32. The van der Waals surface area contributed by atoms with E-state index < -0.39 is 5.97 Å². The predicted molar refractivity (Wildman–Crippen MR) is 117 cm³/mol. The number of aliphatic carboxylic acids is 1. The number of carboxylic acid groups (broad SMARTS) is 1. The number of allylic oxidation sites excluding steroid dienone is 1. The molecule has 3 aromatic carbocycles. The number of carbonyl (C=O) groups is 1. The SMILES string of the molecule is O=C(O)CC/C(=C/c1cccc(Oc2ccccc2)c1)c1nc2ccccc2s1. The fourth-order valence-electron chi connectivity index (χ4n) is 2.99. The van der Waals surface area contributed by atoms with Crippen molar-refractivity contribution in [3.63, 3.8) is 0 Å². The van der Waals surface area contributed by atoms with Crippen molar-refractivity contribution in [2.24, 2.45) is 0 Å². The molecule has 0 atom stereocenters. The van der Waals surface area contributed by atoms with Crippen LogP contribution in [0.25, 0.3) is 21.9 Å². The van der Waals surface area contributed by atoms with Gasteiger partial charge in [-0.3, -0.25) is 4.79 Å². The first-order valence-electron chi connectivity index (χ1n) is 9.29. The van der Waals surface area contributed by atoms with Gasteiger partial charge in [-0.25, -0.2) is 4.98 Å². The van der Waals surface area contributed by atoms with E-state index >= 15 is 0 Å². The molecule has 0 saturated heterocycles. The van der Waals surface area contributed by atoms with E-state index in [0.29, 0.717) is 6.42 Å². The number of thiazole rings is 1. The molecule has 1 aromatic heterocycles. The lowest BCUT2D eigenvalue weighted by atomic mass is 10.1. The van der Waals surface area contributed by atoms with Crippen LogP contribution in [0.1, 0.15) is 23.4 Å². The smallest absolute Gasteiger partial charge is 0.303 e. The van der Waals surface area contributed by atoms with Gasteiger partial charge in [-0.2, -0.15) is 0 Å². The first kappa shape index (κ1) is 18.9. The molecule has 0 bridgehead atoms. The standard InChI is InChI=1S/C24H19NO3S/c26-23(27)14-13-18(24-25-21-11-4-5-12-22(21)29-24)15-17-7-6-10-20(16-17)28-19-8-2-1-3-9-19/h1-12,15-16H,13-14H2,(H,26,27)/b18-15-. The number of aromatic nitrogens is 1. The molecular weight excluding hydrogens is 382 g/mol. The first-order chi connectivity index (χ1) is 14.2. The lowest BCUT2D eigenvalue weighted by Crippen LogP contribution is -1.95. The van der Waals surface area contributed by atoms with Gasteiger partial charge in [0.1, 0.15) is 16.5 Å². The minimum atomic E-state index is -0.821. The molecule has 0 aliphatic heterocycles. The number of fused-ring (bicyclic) bond motifs is 1. The van der Waals surface area contributed by atoms with Gasteiger partial charge < -0.3 is 9.84 Å². The lowest BCUT2D eigenvalue weighted by molar-refractivity contribution is -0.136. The van der Waals surface area contributed by atoms with Crippen molar-refractivity contribution in [2.75, 3.05) is 0 Å². The highest BCUT2D eigenvalue weighted by Gasteiger charge is 2.11. The largest absolute Gasteiger partial charge is 0.481 e. The number of ether oxygens (including phenoxy) is 1. The molecule has 0 spiro atoms. The fourth-order valence-corrected chi connectivity index (χ4v) is 3.99. The molecule has 0 amide bonds. The number of carboxylic acids is 1. The summed E-state index contributed by atoms with van der Waals surface area (Å²) < 4.78 is 7.00. The maximum atomic E-state index is 11.2. The van der Waals surface area contributed by atoms with Crippen molar-refractivity contribution in [1.29, 1.82) is 0 Å². The normalized spacial score (nSPS) is 11.5. The van der Waals surface area contributed by atoms with E-state index in [1.54, 1.807) is 11.3 Å². The molecule has 5 heteroatoms. The summed E-state index contributed by atoms with van der Waals surface area (Å²) in [5, 5.41) is 10.0. The summed E-state index contributed by atoms with van der Waals surface area (Å²) in [5.74, 6) is 0.677. The minimum Gasteiger partial charge on any atom is -0.481 e. The van der Waals surface area contributed by atoms with Crippen LogP contribution in [0.5, 0.6) is 11.5 Å². The summed E-state index contributed by atoms with van der Waals surface area (Å²) in [5.41, 5.74) is 2.78. The highest BCUT2D eigenvalue weighted by atomic mass is 32.1. The fraction of sp³-hybridized carbons (Fsp3) is 0.0833. The van der Waals surface area contributed by atoms with Crippen LogP contribution in [0.3, 0.4) is 0 Å². The van der Waals surface area contributed by atoms with Crippen molar-refractivity contribution in [3.8, 4) is 11.5 Å². The second-order valence-electron chi connectivity index (χ2n) is 6.54. The predicted octanol–water partition coefficient (Wildman–Crippen LogP) is 6.49. The van der Waals surface area contributed by atoms with Crippen LogP contribution in [0, 0.1) is 0 Å². The van der Waals surface area contributed by atoms with Gasteiger partial charge in [-0.15, -0.1) is 11.3 Å². The Kier molecular flexibility index (Phi) is 5.68. The summed E-state index contributed by atoms with van der Waals surface area (Å²) in [4.78, 5) is 15.9. The number of hydrogen-bond acceptors (Lipinski definition) is 4. The van der Waals surface area contributed by atoms with Gasteiger partial charge in [-0.1, -0.05) is 42.5 Å². The van der Waals surface area contributed by atoms with Crippen molar-refractivity contribution in [2.45, 2.75) is 12.8 Å². The minimum absolute atomic E-state index is 0.0575. The second-order valence-corrected chi connectivity index (χ2v) is 7.57. The van der Waals surface area contributed by atoms with E-state index in [1.165, 1.54) is 0 Å². The Hall–Kier alpha value is -3.44. The Balaban J connectivity index is 1.66. The molecule has 1 N–H and O–H groups in total. The van der Waals surface area contributed by atoms with Crippen LogP contribution in [0.15, 0.2) is 78.9 Å². The molecule has 0 saturated carbocycles. The van der Waals surface area contributed by atoms with Crippen LogP contribution in [-0.2, 0) is 4.79 Å². The summed E-state index contributed by atoms with van der Waals surface area (Å²) in [6.07, 6.45) is 2.47. The summed E-state index contributed by atoms with van der Waals surface area (Å²) >= 11 is 1.58. The molecule has 4 nitrogen and oxygen atoms in total. The van der Waals surface area contributed by atoms with Gasteiger partial charge in [0.15, 0.2) is 0 Å². The van der Waals surface area contributed by atoms with E-state index in [1.807, 2.05) is 84.9 Å². The zero-order chi connectivity index (χ0) is 20.1. The third kappa shape index (κ3) is 4.89. The Labute approximate surface area is 172 Å². The van der Waals surface area contributed by atoms with E-state index in [4.69, 9.17) is 14.8 Å². The zero-order valence-electron chi connectivity index (χ0n) is 15.6. The number of para-hydroxylation sites is 2. The molecule has 0 aliphatic carbocycles. The van der Waals surface area contributed by atoms with Crippen LogP contribution < -0.4 is 4.74 Å². The molecular formula is C24H19NO3S. The Morgan fingerprint density at radius 2 is 1.69 bits per heavy atom. The Bertz CT molecular complexity index is 1130. The molecule has 0 radical (unpaired) electrons. The van der Waals surface area contributed by atoms with Gasteiger partial charge >= 0.3 is 5.97 Å². The average Bonchev–Trinajstić information content (AvgIpc) is 3.16. The highest BCUT2D eigenvalue weighted by molar-refractivity contribution is 7.19. The summed E-state index contributed by atoms with van der Waals surface area (Å²) in [6, 6.07) is 25.3. The third-order valence-corrected chi connectivity index (χ3v) is 5.47. The van der Waals surface area contributed by atoms with Crippen molar-refractivity contribution < 1.29 is 14.6 Å². The molecule has 29 heavy (non-hydrogen) atoms. The third-order valence-electron chi connectivity index (χ3n) is 4.35. The van der Waals surface area contributed by atoms with Crippen LogP contribution >= 0.6 is 11.3 Å². The molecule has 4 rings (SSSR count). The molecule has 0 unspecified atom stereocenters. The van der Waals surface area contributed by atoms with Crippen molar-refractivity contribution in [1.82, 2.24) is 4.98 Å². The molecule has 0 fully saturated rings. The van der Waals surface area contributed by atoms with Gasteiger partial charge in [0.25, 0.3) is 0 Å². The van der Waals surface area contributed by atoms with E-state index in [0.717, 1.165) is 37.9 Å². The van der Waals surface area contributed by atoms with Gasteiger partial charge in [0.2, 0.25) is 0 Å². The average molecular weight is 401 g/mol. The topological polar surface area (TPSA) is 59.4 Å². The second kappa shape index (κ2) is 8.71. The van der Waals surface area contributed by atoms with Crippen molar-refractivity contribution in [3.05, 3.63) is 89.4 Å². The van der Waals surface area contributed by atoms with E-state index in [-0.39, 0.29) is 6.42 Å². The maximum Gasteiger partial charge on any atom is 0.303 e. The molecule has 4 aromatic rings. The monoisotopic (exact) mass is 401 g/mol. The van der Waals surface area contributed by atoms with Crippen LogP contribution in [-0.4, -0.2) is 16.1 Å². The molecule has 144 valence electrons. The lowest BCUT2D eigenvalue weighted by Gasteiger charge is -2.07. The van der Waals surface area contributed by atoms with E-state index in [2.05, 4.69) is 0 Å². The van der Waals surface area contributed by atoms with Crippen LogP contribution in [0.4, 0.5) is 0 Å². The number of rotatable bonds is 7. The van der Waals surface area contributed by atoms with Gasteiger partial charge in [0, 0.05) is 6.42 Å². The number of nitrogens with zero attached hydrogens (tertiary/aromatic N) is 1. The Morgan fingerprint density at radius 3 is 2.48 bits per heavy atom. The van der Waals surface area contributed by atoms with E-state index in [9.17, 15) is 4.79 Å². The molecule has 1 heterocycles. The first-order valence-corrected chi connectivity index (χ1v) is 10.1. The molecule has 0 aliphatic rings. The zero-order valence-corrected chi connectivity index (χ0v) is 16.4. The quantitative estimate of drug-likeness (QED) is 0.384. The van der Waals surface area contributed by atoms with Gasteiger partial charge in [-0.05, 0) is 60.0 Å². The van der Waals surface area contributed by atoms with Crippen LogP contribution in [0.2, 0.25) is 0 Å². The maximum absolute atomic E-state index is 11.2. The number of benzene rings is 3.